The maximum atomic E-state index is 5.77. The van der Waals surface area contributed by atoms with E-state index in [2.05, 4.69) is 34.8 Å². The zero-order valence-corrected chi connectivity index (χ0v) is 10.8. The second-order valence-electron chi connectivity index (χ2n) is 4.81. The lowest BCUT2D eigenvalue weighted by atomic mass is 10.1. The summed E-state index contributed by atoms with van der Waals surface area (Å²) in [7, 11) is 2.20. The lowest BCUT2D eigenvalue weighted by molar-refractivity contribution is 0.328. The summed E-state index contributed by atoms with van der Waals surface area (Å²) in [5.41, 5.74) is 6.98. The van der Waals surface area contributed by atoms with E-state index in [-0.39, 0.29) is 0 Å². The molecule has 2 rings (SSSR count). The summed E-state index contributed by atoms with van der Waals surface area (Å²) < 4.78 is 0. The Balaban J connectivity index is 2.22. The Morgan fingerprint density at radius 3 is 3.00 bits per heavy atom. The summed E-state index contributed by atoms with van der Waals surface area (Å²) in [6, 6.07) is 4.61. The highest BCUT2D eigenvalue weighted by Gasteiger charge is 2.22. The van der Waals surface area contributed by atoms with Crippen LogP contribution in [-0.2, 0) is 0 Å². The van der Waals surface area contributed by atoms with Gasteiger partial charge in [0.25, 0.3) is 0 Å². The molecule has 2 heterocycles. The van der Waals surface area contributed by atoms with Crippen LogP contribution < -0.4 is 10.6 Å². The van der Waals surface area contributed by atoms with Crippen LogP contribution in [0.15, 0.2) is 18.3 Å². The average molecular weight is 234 g/mol. The largest absolute Gasteiger partial charge is 0.384 e. The van der Waals surface area contributed by atoms with E-state index in [1.165, 1.54) is 18.7 Å². The maximum absolute atomic E-state index is 5.77. The first-order chi connectivity index (χ1) is 8.20. The molecule has 17 heavy (non-hydrogen) atoms. The van der Waals surface area contributed by atoms with Crippen LogP contribution in [0.2, 0.25) is 0 Å². The van der Waals surface area contributed by atoms with Crippen molar-refractivity contribution in [3.05, 3.63) is 18.3 Å². The average Bonchev–Trinajstić information content (AvgIpc) is 2.50. The third-order valence-electron chi connectivity index (χ3n) is 3.47. The first kappa shape index (κ1) is 12.2. The Labute approximate surface area is 103 Å². The number of nitrogens with zero attached hydrogens (tertiary/aromatic N) is 3. The van der Waals surface area contributed by atoms with Crippen LogP contribution in [0, 0.1) is 0 Å². The molecule has 1 aromatic heterocycles. The SMILES string of the molecule is CCC1CN(C)CCCN1c1ccnc(N)c1. The molecule has 0 spiro atoms. The summed E-state index contributed by atoms with van der Waals surface area (Å²) in [6.07, 6.45) is 4.16. The lowest BCUT2D eigenvalue weighted by Gasteiger charge is -2.32. The van der Waals surface area contributed by atoms with E-state index in [1.54, 1.807) is 6.20 Å². The highest BCUT2D eigenvalue weighted by molar-refractivity contribution is 5.53. The molecule has 0 saturated carbocycles. The van der Waals surface area contributed by atoms with Gasteiger partial charge in [-0.1, -0.05) is 6.92 Å². The topological polar surface area (TPSA) is 45.4 Å². The smallest absolute Gasteiger partial charge is 0.125 e. The van der Waals surface area contributed by atoms with Crippen LogP contribution in [-0.4, -0.2) is 42.6 Å². The summed E-state index contributed by atoms with van der Waals surface area (Å²) in [6.45, 7) is 5.65. The van der Waals surface area contributed by atoms with Crippen molar-refractivity contribution in [2.24, 2.45) is 0 Å². The minimum Gasteiger partial charge on any atom is -0.384 e. The molecule has 2 N–H and O–H groups in total. The third kappa shape index (κ3) is 2.88. The van der Waals surface area contributed by atoms with Crippen LogP contribution in [0.1, 0.15) is 19.8 Å². The number of nitrogen functional groups attached to an aromatic ring is 1. The molecule has 4 nitrogen and oxygen atoms in total. The molecule has 0 bridgehead atoms. The summed E-state index contributed by atoms with van der Waals surface area (Å²) in [5.74, 6) is 0.606. The normalized spacial score (nSPS) is 22.5. The van der Waals surface area contributed by atoms with Gasteiger partial charge in [-0.05, 0) is 32.5 Å². The molecular formula is C13H22N4. The zero-order chi connectivity index (χ0) is 12.3. The number of hydrogen-bond acceptors (Lipinski definition) is 4. The number of likely N-dealkylation sites (N-methyl/N-ethyl adjacent to an activating group) is 1. The van der Waals surface area contributed by atoms with Crippen molar-refractivity contribution in [2.75, 3.05) is 37.3 Å². The quantitative estimate of drug-likeness (QED) is 0.844. The van der Waals surface area contributed by atoms with E-state index in [0.717, 1.165) is 19.5 Å². The van der Waals surface area contributed by atoms with Crippen LogP contribution in [0.25, 0.3) is 0 Å². The van der Waals surface area contributed by atoms with Crippen molar-refractivity contribution in [3.8, 4) is 0 Å². The minimum atomic E-state index is 0.573. The Kier molecular flexibility index (Phi) is 3.84. The van der Waals surface area contributed by atoms with Gasteiger partial charge in [0.05, 0.1) is 0 Å². The van der Waals surface area contributed by atoms with Crippen molar-refractivity contribution in [2.45, 2.75) is 25.8 Å². The molecule has 1 aliphatic heterocycles. The fourth-order valence-electron chi connectivity index (χ4n) is 2.55. The molecule has 1 saturated heterocycles. The van der Waals surface area contributed by atoms with Crippen molar-refractivity contribution < 1.29 is 0 Å². The van der Waals surface area contributed by atoms with Crippen molar-refractivity contribution >= 4 is 11.5 Å². The molecule has 1 aliphatic rings. The lowest BCUT2D eigenvalue weighted by Crippen LogP contribution is -2.39. The number of hydrogen-bond donors (Lipinski definition) is 1. The molecule has 1 unspecified atom stereocenters. The van der Waals surface area contributed by atoms with Crippen molar-refractivity contribution in [1.82, 2.24) is 9.88 Å². The van der Waals surface area contributed by atoms with Crippen LogP contribution in [0.5, 0.6) is 0 Å². The Morgan fingerprint density at radius 2 is 2.29 bits per heavy atom. The van der Waals surface area contributed by atoms with Gasteiger partial charge in [0.2, 0.25) is 0 Å². The van der Waals surface area contributed by atoms with E-state index in [1.807, 2.05) is 6.07 Å². The van der Waals surface area contributed by atoms with Gasteiger partial charge in [-0.25, -0.2) is 4.98 Å². The van der Waals surface area contributed by atoms with E-state index < -0.39 is 0 Å². The zero-order valence-electron chi connectivity index (χ0n) is 10.8. The highest BCUT2D eigenvalue weighted by Crippen LogP contribution is 2.22. The van der Waals surface area contributed by atoms with Gasteiger partial charge < -0.3 is 15.5 Å². The maximum Gasteiger partial charge on any atom is 0.125 e. The standard InChI is InChI=1S/C13H22N4/c1-3-11-10-16(2)7-4-8-17(11)12-5-6-15-13(14)9-12/h5-6,9,11H,3-4,7-8,10H2,1-2H3,(H2,14,15). The van der Waals surface area contributed by atoms with Gasteiger partial charge >= 0.3 is 0 Å². The molecule has 1 fully saturated rings. The van der Waals surface area contributed by atoms with Gasteiger partial charge in [-0.15, -0.1) is 0 Å². The van der Waals surface area contributed by atoms with E-state index in [9.17, 15) is 0 Å². The van der Waals surface area contributed by atoms with E-state index >= 15 is 0 Å². The minimum absolute atomic E-state index is 0.573. The monoisotopic (exact) mass is 234 g/mol. The highest BCUT2D eigenvalue weighted by atomic mass is 15.2. The molecule has 0 aromatic carbocycles. The Morgan fingerprint density at radius 1 is 1.47 bits per heavy atom. The molecule has 4 heteroatoms. The van der Waals surface area contributed by atoms with E-state index in [4.69, 9.17) is 5.73 Å². The van der Waals surface area contributed by atoms with Crippen LogP contribution in [0.3, 0.4) is 0 Å². The number of pyridine rings is 1. The molecule has 1 aromatic rings. The molecule has 94 valence electrons. The molecule has 0 aliphatic carbocycles. The van der Waals surface area contributed by atoms with Gasteiger partial charge in [-0.2, -0.15) is 0 Å². The summed E-state index contributed by atoms with van der Waals surface area (Å²) in [5, 5.41) is 0. The Hall–Kier alpha value is -1.29. The van der Waals surface area contributed by atoms with Gasteiger partial charge in [-0.3, -0.25) is 0 Å². The fourth-order valence-corrected chi connectivity index (χ4v) is 2.55. The first-order valence-corrected chi connectivity index (χ1v) is 6.37. The molecule has 0 amide bonds. The number of nitrogens with two attached hydrogens (primary N) is 1. The van der Waals surface area contributed by atoms with Crippen molar-refractivity contribution in [1.29, 1.82) is 0 Å². The van der Waals surface area contributed by atoms with Crippen molar-refractivity contribution in [3.63, 3.8) is 0 Å². The second-order valence-corrected chi connectivity index (χ2v) is 4.81. The number of anilines is 2. The summed E-state index contributed by atoms with van der Waals surface area (Å²) in [4.78, 5) is 8.95. The first-order valence-electron chi connectivity index (χ1n) is 6.37. The van der Waals surface area contributed by atoms with Gasteiger partial charge in [0, 0.05) is 37.1 Å². The molecule has 0 radical (unpaired) electrons. The fraction of sp³-hybridized carbons (Fsp3) is 0.615. The Bertz CT molecular complexity index is 366. The molecular weight excluding hydrogens is 212 g/mol. The second kappa shape index (κ2) is 5.36. The van der Waals surface area contributed by atoms with Crippen LogP contribution >= 0.6 is 0 Å². The predicted molar refractivity (Wildman–Crippen MR) is 72.2 cm³/mol. The number of rotatable bonds is 2. The van der Waals surface area contributed by atoms with Gasteiger partial charge in [0.15, 0.2) is 0 Å². The summed E-state index contributed by atoms with van der Waals surface area (Å²) >= 11 is 0. The molecule has 1 atom stereocenters. The van der Waals surface area contributed by atoms with Crippen LogP contribution in [0.4, 0.5) is 11.5 Å². The van der Waals surface area contributed by atoms with Gasteiger partial charge in [0.1, 0.15) is 5.82 Å². The number of aromatic nitrogens is 1. The van der Waals surface area contributed by atoms with E-state index in [0.29, 0.717) is 11.9 Å². The third-order valence-corrected chi connectivity index (χ3v) is 3.47. The predicted octanol–water partition coefficient (Wildman–Crippen LogP) is 1.58.